The summed E-state index contributed by atoms with van der Waals surface area (Å²) in [5.41, 5.74) is 6.07. The predicted octanol–water partition coefficient (Wildman–Crippen LogP) is 2.38. The van der Waals surface area contributed by atoms with E-state index in [1.54, 1.807) is 0 Å². The molecule has 1 aliphatic rings. The van der Waals surface area contributed by atoms with Crippen LogP contribution in [0.2, 0.25) is 0 Å². The van der Waals surface area contributed by atoms with Gasteiger partial charge >= 0.3 is 0 Å². The van der Waals surface area contributed by atoms with Gasteiger partial charge in [-0.25, -0.2) is 4.39 Å². The van der Waals surface area contributed by atoms with Crippen molar-refractivity contribution in [2.24, 2.45) is 17.6 Å². The predicted molar refractivity (Wildman–Crippen MR) is 106 cm³/mol. The van der Waals surface area contributed by atoms with Crippen molar-refractivity contribution in [1.29, 1.82) is 0 Å². The maximum Gasteiger partial charge on any atom is 0.243 e. The molecule has 28 heavy (non-hydrogen) atoms. The highest BCUT2D eigenvalue weighted by molar-refractivity contribution is 5.97. The van der Waals surface area contributed by atoms with Crippen LogP contribution in [0, 0.1) is 17.7 Å². The van der Waals surface area contributed by atoms with Crippen molar-refractivity contribution in [3.05, 3.63) is 24.0 Å². The Morgan fingerprint density at radius 1 is 1.14 bits per heavy atom. The summed E-state index contributed by atoms with van der Waals surface area (Å²) in [6.07, 6.45) is 4.74. The van der Waals surface area contributed by atoms with Gasteiger partial charge in [-0.05, 0) is 37.0 Å². The third kappa shape index (κ3) is 6.30. The Morgan fingerprint density at radius 3 is 2.46 bits per heavy atom. The normalized spacial score (nSPS) is 15.8. The number of benzene rings is 1. The molecule has 1 aromatic carbocycles. The summed E-state index contributed by atoms with van der Waals surface area (Å²) in [6.45, 7) is 3.37. The number of amides is 3. The molecule has 2 rings (SSSR count). The highest BCUT2D eigenvalue weighted by Gasteiger charge is 2.22. The SMILES string of the molecule is CC(C)[C@H](N)C(=O)NCC(=O)Nc1ccc(F)c(NC(=O)C2CCCCC2)c1. The van der Waals surface area contributed by atoms with Crippen molar-refractivity contribution in [2.75, 3.05) is 17.2 Å². The van der Waals surface area contributed by atoms with Gasteiger partial charge in [0, 0.05) is 11.6 Å². The van der Waals surface area contributed by atoms with Crippen LogP contribution < -0.4 is 21.7 Å². The third-order valence-electron chi connectivity index (χ3n) is 4.93. The Labute approximate surface area is 164 Å². The van der Waals surface area contributed by atoms with E-state index in [9.17, 15) is 18.8 Å². The van der Waals surface area contributed by atoms with Gasteiger partial charge in [-0.2, -0.15) is 0 Å². The van der Waals surface area contributed by atoms with Gasteiger partial charge < -0.3 is 21.7 Å². The van der Waals surface area contributed by atoms with E-state index in [1.165, 1.54) is 18.2 Å². The van der Waals surface area contributed by atoms with Gasteiger partial charge in [0.15, 0.2) is 0 Å². The largest absolute Gasteiger partial charge is 0.346 e. The summed E-state index contributed by atoms with van der Waals surface area (Å²) in [7, 11) is 0. The van der Waals surface area contributed by atoms with Crippen molar-refractivity contribution < 1.29 is 18.8 Å². The van der Waals surface area contributed by atoms with Crippen LogP contribution in [0.1, 0.15) is 46.0 Å². The number of rotatable bonds is 7. The number of carbonyl (C=O) groups excluding carboxylic acids is 3. The van der Waals surface area contributed by atoms with Gasteiger partial charge in [0.1, 0.15) is 5.82 Å². The number of nitrogens with one attached hydrogen (secondary N) is 3. The number of nitrogens with two attached hydrogens (primary N) is 1. The van der Waals surface area contributed by atoms with Crippen molar-refractivity contribution >= 4 is 29.1 Å². The van der Waals surface area contributed by atoms with Crippen molar-refractivity contribution in [1.82, 2.24) is 5.32 Å². The van der Waals surface area contributed by atoms with Gasteiger partial charge in [0.25, 0.3) is 0 Å². The summed E-state index contributed by atoms with van der Waals surface area (Å²) in [5, 5.41) is 7.66. The number of anilines is 2. The lowest BCUT2D eigenvalue weighted by molar-refractivity contribution is -0.125. The zero-order chi connectivity index (χ0) is 20.7. The fourth-order valence-corrected chi connectivity index (χ4v) is 3.09. The standard InChI is InChI=1S/C20H29FN4O3/c1-12(2)18(22)20(28)23-11-17(26)24-14-8-9-15(21)16(10-14)25-19(27)13-6-4-3-5-7-13/h8-10,12-13,18H,3-7,11,22H2,1-2H3,(H,23,28)(H,24,26)(H,25,27)/t18-/m0/s1. The first-order valence-electron chi connectivity index (χ1n) is 9.71. The molecule has 0 unspecified atom stereocenters. The van der Waals surface area contributed by atoms with Gasteiger partial charge in [-0.1, -0.05) is 33.1 Å². The maximum atomic E-state index is 14.1. The second-order valence-electron chi connectivity index (χ2n) is 7.55. The Balaban J connectivity index is 1.92. The first kappa shape index (κ1) is 21.8. The van der Waals surface area contributed by atoms with Crippen LogP contribution in [-0.4, -0.2) is 30.3 Å². The molecule has 1 atom stereocenters. The molecular weight excluding hydrogens is 363 g/mol. The topological polar surface area (TPSA) is 113 Å². The summed E-state index contributed by atoms with van der Waals surface area (Å²) in [4.78, 5) is 36.2. The molecular formula is C20H29FN4O3. The van der Waals surface area contributed by atoms with E-state index >= 15 is 0 Å². The average Bonchev–Trinajstić information content (AvgIpc) is 2.68. The van der Waals surface area contributed by atoms with Crippen LogP contribution in [0.25, 0.3) is 0 Å². The van der Waals surface area contributed by atoms with E-state index in [1.807, 2.05) is 13.8 Å². The van der Waals surface area contributed by atoms with E-state index < -0.39 is 23.7 Å². The Kier molecular flexibility index (Phi) is 7.92. The molecule has 8 heteroatoms. The first-order chi connectivity index (χ1) is 13.3. The average molecular weight is 392 g/mol. The second kappa shape index (κ2) is 10.2. The molecule has 0 saturated heterocycles. The smallest absolute Gasteiger partial charge is 0.243 e. The highest BCUT2D eigenvalue weighted by Crippen LogP contribution is 2.26. The molecule has 7 nitrogen and oxygen atoms in total. The minimum atomic E-state index is -0.694. The molecule has 0 spiro atoms. The molecule has 1 aliphatic carbocycles. The lowest BCUT2D eigenvalue weighted by Gasteiger charge is -2.21. The Morgan fingerprint density at radius 2 is 1.82 bits per heavy atom. The van der Waals surface area contributed by atoms with Crippen molar-refractivity contribution in [3.8, 4) is 0 Å². The molecule has 154 valence electrons. The first-order valence-corrected chi connectivity index (χ1v) is 9.71. The second-order valence-corrected chi connectivity index (χ2v) is 7.55. The molecule has 1 aromatic rings. The summed E-state index contributed by atoms with van der Waals surface area (Å²) in [6, 6.07) is 3.25. The molecule has 0 aliphatic heterocycles. The van der Waals surface area contributed by atoms with E-state index in [-0.39, 0.29) is 30.0 Å². The van der Waals surface area contributed by atoms with Gasteiger partial charge in [-0.3, -0.25) is 14.4 Å². The molecule has 3 amide bonds. The minimum absolute atomic E-state index is 0.0271. The number of halogens is 1. The van der Waals surface area contributed by atoms with Gasteiger partial charge in [-0.15, -0.1) is 0 Å². The van der Waals surface area contributed by atoms with E-state index in [2.05, 4.69) is 16.0 Å². The van der Waals surface area contributed by atoms with E-state index in [4.69, 9.17) is 5.73 Å². The molecule has 1 fully saturated rings. The van der Waals surface area contributed by atoms with Crippen LogP contribution in [0.5, 0.6) is 0 Å². The van der Waals surface area contributed by atoms with Crippen LogP contribution in [0.4, 0.5) is 15.8 Å². The van der Waals surface area contributed by atoms with Gasteiger partial charge in [0.2, 0.25) is 17.7 Å². The number of hydrogen-bond acceptors (Lipinski definition) is 4. The fourth-order valence-electron chi connectivity index (χ4n) is 3.09. The van der Waals surface area contributed by atoms with Crippen LogP contribution in [0.15, 0.2) is 18.2 Å². The van der Waals surface area contributed by atoms with Crippen LogP contribution in [-0.2, 0) is 14.4 Å². The van der Waals surface area contributed by atoms with Gasteiger partial charge in [0.05, 0.1) is 18.3 Å². The summed E-state index contributed by atoms with van der Waals surface area (Å²) < 4.78 is 14.1. The Bertz CT molecular complexity index is 717. The minimum Gasteiger partial charge on any atom is -0.346 e. The van der Waals surface area contributed by atoms with Crippen LogP contribution >= 0.6 is 0 Å². The Hall–Kier alpha value is -2.48. The summed E-state index contributed by atoms with van der Waals surface area (Å²) >= 11 is 0. The number of hydrogen-bond donors (Lipinski definition) is 4. The van der Waals surface area contributed by atoms with Crippen molar-refractivity contribution in [2.45, 2.75) is 52.0 Å². The van der Waals surface area contributed by atoms with E-state index in [0.29, 0.717) is 5.69 Å². The summed E-state index contributed by atoms with van der Waals surface area (Å²) in [5.74, 6) is -1.80. The fraction of sp³-hybridized carbons (Fsp3) is 0.550. The lowest BCUT2D eigenvalue weighted by atomic mass is 9.88. The molecule has 0 radical (unpaired) electrons. The van der Waals surface area contributed by atoms with E-state index in [0.717, 1.165) is 32.1 Å². The van der Waals surface area contributed by atoms with Crippen LogP contribution in [0.3, 0.4) is 0 Å². The molecule has 0 bridgehead atoms. The molecule has 0 aromatic heterocycles. The maximum absolute atomic E-state index is 14.1. The molecule has 1 saturated carbocycles. The third-order valence-corrected chi connectivity index (χ3v) is 4.93. The quantitative estimate of drug-likeness (QED) is 0.570. The monoisotopic (exact) mass is 392 g/mol. The lowest BCUT2D eigenvalue weighted by Crippen LogP contribution is -2.46. The molecule has 5 N–H and O–H groups in total. The highest BCUT2D eigenvalue weighted by atomic mass is 19.1. The zero-order valence-electron chi connectivity index (χ0n) is 16.4. The van der Waals surface area contributed by atoms with Crippen molar-refractivity contribution in [3.63, 3.8) is 0 Å². The number of carbonyl (C=O) groups is 3. The zero-order valence-corrected chi connectivity index (χ0v) is 16.4. The molecule has 0 heterocycles.